The number of phenolic OH excluding ortho intramolecular Hbond substituents is 1. The maximum atomic E-state index is 13.7. The van der Waals surface area contributed by atoms with Gasteiger partial charge in [0.1, 0.15) is 4.21 Å². The lowest BCUT2D eigenvalue weighted by Crippen LogP contribution is -2.99. The number of ether oxygens (including phenoxy) is 1. The second-order valence-corrected chi connectivity index (χ2v) is 12.8. The summed E-state index contributed by atoms with van der Waals surface area (Å²) >= 11 is 6.59. The molecule has 15 heteroatoms. The summed E-state index contributed by atoms with van der Waals surface area (Å²) in [5.74, 6) is -2.69. The predicted octanol–water partition coefficient (Wildman–Crippen LogP) is 3.92. The van der Waals surface area contributed by atoms with Gasteiger partial charge in [-0.2, -0.15) is 5.23 Å². The number of aliphatic hydroxyl groups is 1. The first-order chi connectivity index (χ1) is 20.4. The number of anilines is 1. The summed E-state index contributed by atoms with van der Waals surface area (Å²) in [6.45, 7) is 1.90. The number of amides is 1. The van der Waals surface area contributed by atoms with Crippen molar-refractivity contribution >= 4 is 55.3 Å². The molecule has 2 unspecified atom stereocenters. The van der Waals surface area contributed by atoms with Crippen molar-refractivity contribution in [3.63, 3.8) is 0 Å². The minimum Gasteiger partial charge on any atom is -0.595 e. The van der Waals surface area contributed by atoms with E-state index in [1.54, 1.807) is 6.92 Å². The molecule has 12 nitrogen and oxygen atoms in total. The van der Waals surface area contributed by atoms with Crippen molar-refractivity contribution in [3.8, 4) is 11.5 Å². The average molecular weight is 644 g/mol. The zero-order chi connectivity index (χ0) is 31.1. The van der Waals surface area contributed by atoms with Crippen LogP contribution in [-0.4, -0.2) is 47.1 Å². The van der Waals surface area contributed by atoms with Crippen LogP contribution in [0.25, 0.3) is 0 Å². The van der Waals surface area contributed by atoms with Crippen molar-refractivity contribution in [2.45, 2.75) is 22.1 Å². The van der Waals surface area contributed by atoms with Gasteiger partial charge >= 0.3 is 0 Å². The van der Waals surface area contributed by atoms with Crippen LogP contribution in [0, 0.1) is 5.21 Å². The topological polar surface area (TPSA) is 182 Å². The van der Waals surface area contributed by atoms with Crippen LogP contribution in [0.4, 0.5) is 10.8 Å². The number of aliphatic hydroxyl groups excluding tert-OH is 1. The van der Waals surface area contributed by atoms with Gasteiger partial charge < -0.3 is 20.2 Å². The number of hydrogen-bond donors (Lipinski definition) is 4. The van der Waals surface area contributed by atoms with Crippen molar-refractivity contribution < 1.29 is 43.4 Å². The van der Waals surface area contributed by atoms with E-state index in [4.69, 9.17) is 21.5 Å². The second kappa shape index (κ2) is 11.8. The maximum Gasteiger partial charge on any atom is 0.296 e. The van der Waals surface area contributed by atoms with Crippen LogP contribution in [0.2, 0.25) is 5.02 Å². The number of ketones is 1. The molecular formula is C28H22ClN3O9S2. The van der Waals surface area contributed by atoms with Gasteiger partial charge in [0.25, 0.3) is 5.91 Å². The van der Waals surface area contributed by atoms with Crippen molar-refractivity contribution in [1.82, 2.24) is 4.98 Å². The molecule has 0 fully saturated rings. The molecule has 0 aliphatic carbocycles. The third-order valence-electron chi connectivity index (χ3n) is 6.51. The van der Waals surface area contributed by atoms with E-state index in [1.165, 1.54) is 42.5 Å². The Bertz CT molecular complexity index is 1850. The Hall–Kier alpha value is -4.31. The highest BCUT2D eigenvalue weighted by Crippen LogP contribution is 2.45. The van der Waals surface area contributed by atoms with Crippen LogP contribution in [-0.2, 0) is 14.6 Å². The fraction of sp³-hybridized carbons (Fsp3) is 0.107. The fourth-order valence-electron chi connectivity index (χ4n) is 4.46. The first-order valence-corrected chi connectivity index (χ1v) is 15.2. The summed E-state index contributed by atoms with van der Waals surface area (Å²) in [7, 11) is -4.18. The van der Waals surface area contributed by atoms with E-state index in [2.05, 4.69) is 4.98 Å². The third kappa shape index (κ3) is 5.59. The number of nitrogens with zero attached hydrogens (tertiary/aromatic N) is 2. The molecule has 1 amide bonds. The molecule has 0 saturated carbocycles. The number of phenols is 1. The number of Topliss-reactive ketones (excluding diaryl/α,β-unsaturated/α-hetero) is 1. The number of nitrogens with one attached hydrogen (secondary N) is 1. The molecule has 1 aliphatic heterocycles. The highest BCUT2D eigenvalue weighted by Gasteiger charge is 2.46. The summed E-state index contributed by atoms with van der Waals surface area (Å²) < 4.78 is 31.9. The lowest BCUT2D eigenvalue weighted by atomic mass is 9.92. The highest BCUT2D eigenvalue weighted by molar-refractivity contribution is 7.93. The van der Waals surface area contributed by atoms with Gasteiger partial charge in [-0.15, -0.1) is 0 Å². The van der Waals surface area contributed by atoms with Crippen molar-refractivity contribution in [3.05, 3.63) is 106 Å². The first-order valence-electron chi connectivity index (χ1n) is 12.5. The number of quaternary nitrogens is 1. The lowest BCUT2D eigenvalue weighted by molar-refractivity contribution is -0.991. The maximum absolute atomic E-state index is 13.7. The molecule has 2 atom stereocenters. The van der Waals surface area contributed by atoms with Crippen molar-refractivity contribution in [2.24, 2.45) is 0 Å². The molecule has 0 radical (unpaired) electrons. The molecule has 3 aromatic carbocycles. The van der Waals surface area contributed by atoms with Gasteiger partial charge in [-0.25, -0.2) is 18.6 Å². The van der Waals surface area contributed by atoms with Gasteiger partial charge in [-0.1, -0.05) is 29.0 Å². The Morgan fingerprint density at radius 2 is 1.79 bits per heavy atom. The summed E-state index contributed by atoms with van der Waals surface area (Å²) in [5, 5.41) is 40.6. The zero-order valence-corrected chi connectivity index (χ0v) is 24.5. The van der Waals surface area contributed by atoms with Crippen molar-refractivity contribution in [2.75, 3.05) is 11.5 Å². The van der Waals surface area contributed by atoms with E-state index < -0.39 is 38.6 Å². The number of rotatable bonds is 9. The fourth-order valence-corrected chi connectivity index (χ4v) is 7.13. The van der Waals surface area contributed by atoms with E-state index in [-0.39, 0.29) is 54.7 Å². The Kier molecular flexibility index (Phi) is 8.25. The van der Waals surface area contributed by atoms with Crippen LogP contribution in [0.15, 0.2) is 93.4 Å². The lowest BCUT2D eigenvalue weighted by Gasteiger charge is -2.25. The SMILES string of the molecule is CCOc1cc(C2C(C(=O)c3ccc(Cl)cc3)=C(O)C(=O)N2c2ncc(S(=O)(=O)c3ccc([NH+]([O-])O)cc3)s2)ccc1O. The first kappa shape index (κ1) is 30.2. The molecule has 0 spiro atoms. The number of carbonyl (C=O) groups is 2. The minimum absolute atomic E-state index is 0.0595. The van der Waals surface area contributed by atoms with Crippen LogP contribution in [0.5, 0.6) is 11.5 Å². The molecule has 0 saturated heterocycles. The number of thiazole rings is 1. The van der Waals surface area contributed by atoms with Crippen LogP contribution < -0.4 is 14.9 Å². The van der Waals surface area contributed by atoms with Crippen LogP contribution in [0.1, 0.15) is 28.9 Å². The van der Waals surface area contributed by atoms with Crippen LogP contribution >= 0.6 is 22.9 Å². The van der Waals surface area contributed by atoms with E-state index in [0.29, 0.717) is 16.4 Å². The van der Waals surface area contributed by atoms with Gasteiger partial charge in [-0.3, -0.25) is 14.5 Å². The van der Waals surface area contributed by atoms with E-state index in [0.717, 1.165) is 35.4 Å². The third-order valence-corrected chi connectivity index (χ3v) is 9.99. The summed E-state index contributed by atoms with van der Waals surface area (Å²) in [5.41, 5.74) is -0.0139. The van der Waals surface area contributed by atoms with Gasteiger partial charge in [0.15, 0.2) is 33.9 Å². The van der Waals surface area contributed by atoms with Gasteiger partial charge in [0.2, 0.25) is 9.84 Å². The molecular weight excluding hydrogens is 622 g/mol. The zero-order valence-electron chi connectivity index (χ0n) is 22.1. The quantitative estimate of drug-likeness (QED) is 0.154. The number of aromatic hydroxyl groups is 1. The Labute approximate surface area is 253 Å². The number of hydrogen-bond acceptors (Lipinski definition) is 11. The van der Waals surface area contributed by atoms with E-state index >= 15 is 0 Å². The standard InChI is InChI=1S/C28H22ClN3O9S2/c1-2-41-21-13-16(5-12-20(21)33)24-23(25(34)15-3-6-17(29)7-4-15)26(35)27(36)31(24)28-30-14-22(42-28)43(39,40)19-10-8-18(9-11-19)32(37)38/h3-14,24,32-33,35,37H,2H2,1H3. The smallest absolute Gasteiger partial charge is 0.296 e. The molecule has 4 aromatic rings. The van der Waals surface area contributed by atoms with E-state index in [9.17, 15) is 33.4 Å². The largest absolute Gasteiger partial charge is 0.595 e. The molecule has 1 aromatic heterocycles. The number of aromatic nitrogens is 1. The Morgan fingerprint density at radius 3 is 2.42 bits per heavy atom. The number of halogens is 1. The molecule has 0 bridgehead atoms. The Balaban J connectivity index is 1.61. The highest BCUT2D eigenvalue weighted by atomic mass is 35.5. The van der Waals surface area contributed by atoms with Crippen LogP contribution in [0.3, 0.4) is 0 Å². The molecule has 222 valence electrons. The van der Waals surface area contributed by atoms with Crippen molar-refractivity contribution in [1.29, 1.82) is 0 Å². The minimum atomic E-state index is -4.18. The normalized spacial score (nSPS) is 16.0. The molecule has 4 N–H and O–H groups in total. The van der Waals surface area contributed by atoms with Gasteiger partial charge in [-0.05, 0) is 61.0 Å². The molecule has 2 heterocycles. The second-order valence-electron chi connectivity index (χ2n) is 9.13. The number of benzene rings is 3. The molecule has 1 aliphatic rings. The average Bonchev–Trinajstić information content (AvgIpc) is 3.58. The van der Waals surface area contributed by atoms with E-state index in [1.807, 2.05) is 0 Å². The predicted molar refractivity (Wildman–Crippen MR) is 155 cm³/mol. The monoisotopic (exact) mass is 643 g/mol. The summed E-state index contributed by atoms with van der Waals surface area (Å²) in [4.78, 5) is 32.2. The summed E-state index contributed by atoms with van der Waals surface area (Å²) in [6, 6.07) is 13.3. The van der Waals surface area contributed by atoms with Gasteiger partial charge in [0, 0.05) is 22.7 Å². The molecule has 43 heavy (non-hydrogen) atoms. The molecule has 5 rings (SSSR count). The Morgan fingerprint density at radius 1 is 1.12 bits per heavy atom. The van der Waals surface area contributed by atoms with Gasteiger partial charge in [0.05, 0.1) is 29.3 Å². The number of carbonyl (C=O) groups excluding carboxylic acids is 2. The summed E-state index contributed by atoms with van der Waals surface area (Å²) in [6.07, 6.45) is 1.03. The number of sulfone groups is 1.